The minimum absolute atomic E-state index is 0.787. The van der Waals surface area contributed by atoms with Gasteiger partial charge in [-0.05, 0) is 36.5 Å². The Bertz CT molecular complexity index is 993. The number of hydrogen-bond acceptors (Lipinski definition) is 3. The Kier molecular flexibility index (Phi) is 8.02. The summed E-state index contributed by atoms with van der Waals surface area (Å²) in [6.45, 7) is 9.91. The van der Waals surface area contributed by atoms with Gasteiger partial charge >= 0.3 is 0 Å². The number of rotatable bonds is 7. The third kappa shape index (κ3) is 4.79. The van der Waals surface area contributed by atoms with Crippen LogP contribution >= 0.6 is 6.19 Å². The average Bonchev–Trinajstić information content (AvgIpc) is 2.86. The quantitative estimate of drug-likeness (QED) is 0.475. The van der Waals surface area contributed by atoms with Gasteiger partial charge in [-0.1, -0.05) is 86.3 Å². The second-order valence-electron chi connectivity index (χ2n) is 8.38. The first-order valence-electron chi connectivity index (χ1n) is 11.9. The fraction of sp³-hybridized carbons (Fsp3) is 0.407. The lowest BCUT2D eigenvalue weighted by Crippen LogP contribution is -2.38. The van der Waals surface area contributed by atoms with Crippen LogP contribution in [0.15, 0.2) is 77.2 Å². The summed E-state index contributed by atoms with van der Waals surface area (Å²) in [6.07, 6.45) is 3.65. The molecule has 0 N–H and O–H groups in total. The van der Waals surface area contributed by atoms with Crippen molar-refractivity contribution in [2.45, 2.75) is 33.1 Å². The van der Waals surface area contributed by atoms with Crippen molar-refractivity contribution in [3.8, 4) is 0 Å². The standard InChI is InChI=1S/C27H35N2OPS/c1-3-29(4-2)31(32,25-15-9-6-10-16-25)26-17-11-14-24(22-23-12-7-5-8-13-23)27(26)28-18-20-30-21-19-28/h5-10,12-13,15-16,22H,3-4,11,14,17-21H2,1-2H3. The Hall–Kier alpha value is -1.71. The fourth-order valence-electron chi connectivity index (χ4n) is 4.97. The summed E-state index contributed by atoms with van der Waals surface area (Å²) in [5, 5.41) is 2.82. The van der Waals surface area contributed by atoms with Crippen molar-refractivity contribution in [3.63, 3.8) is 0 Å². The molecule has 1 unspecified atom stereocenters. The Morgan fingerprint density at radius 2 is 1.56 bits per heavy atom. The van der Waals surface area contributed by atoms with Gasteiger partial charge in [-0.3, -0.25) is 4.67 Å². The van der Waals surface area contributed by atoms with Crippen LogP contribution in [-0.2, 0) is 16.5 Å². The molecular formula is C27H35N2OPS. The monoisotopic (exact) mass is 466 g/mol. The molecule has 0 spiro atoms. The van der Waals surface area contributed by atoms with E-state index in [2.05, 4.69) is 90.2 Å². The van der Waals surface area contributed by atoms with Crippen LogP contribution in [0.5, 0.6) is 0 Å². The van der Waals surface area contributed by atoms with E-state index < -0.39 is 6.19 Å². The molecule has 1 aliphatic carbocycles. The molecule has 1 aliphatic heterocycles. The predicted molar refractivity (Wildman–Crippen MR) is 141 cm³/mol. The molecule has 32 heavy (non-hydrogen) atoms. The highest BCUT2D eigenvalue weighted by Crippen LogP contribution is 2.61. The topological polar surface area (TPSA) is 15.7 Å². The number of benzene rings is 2. The lowest BCUT2D eigenvalue weighted by Gasteiger charge is -2.43. The molecule has 4 rings (SSSR count). The summed E-state index contributed by atoms with van der Waals surface area (Å²) in [7, 11) is 0. The van der Waals surface area contributed by atoms with E-state index in [-0.39, 0.29) is 0 Å². The Morgan fingerprint density at radius 3 is 2.19 bits per heavy atom. The number of hydrogen-bond donors (Lipinski definition) is 0. The molecular weight excluding hydrogens is 431 g/mol. The van der Waals surface area contributed by atoms with Gasteiger partial charge in [0.15, 0.2) is 0 Å². The van der Waals surface area contributed by atoms with Gasteiger partial charge in [0.05, 0.1) is 19.4 Å². The number of nitrogens with zero attached hydrogens (tertiary/aromatic N) is 2. The van der Waals surface area contributed by atoms with E-state index >= 15 is 0 Å². The fourth-order valence-corrected chi connectivity index (χ4v) is 9.95. The van der Waals surface area contributed by atoms with E-state index in [1.165, 1.54) is 27.5 Å². The van der Waals surface area contributed by atoms with Crippen LogP contribution in [0.2, 0.25) is 0 Å². The zero-order valence-electron chi connectivity index (χ0n) is 19.4. The second-order valence-corrected chi connectivity index (χ2v) is 12.7. The van der Waals surface area contributed by atoms with E-state index in [0.717, 1.165) is 58.7 Å². The third-order valence-electron chi connectivity index (χ3n) is 6.51. The van der Waals surface area contributed by atoms with Crippen molar-refractivity contribution < 1.29 is 4.74 Å². The Morgan fingerprint density at radius 1 is 0.938 bits per heavy atom. The van der Waals surface area contributed by atoms with E-state index in [1.54, 1.807) is 0 Å². The van der Waals surface area contributed by atoms with Gasteiger partial charge in [-0.25, -0.2) is 0 Å². The molecule has 3 nitrogen and oxygen atoms in total. The maximum Gasteiger partial charge on any atom is 0.0691 e. The summed E-state index contributed by atoms with van der Waals surface area (Å²) in [6, 6.07) is 21.7. The van der Waals surface area contributed by atoms with E-state index in [9.17, 15) is 0 Å². The molecule has 2 aromatic carbocycles. The third-order valence-corrected chi connectivity index (χ3v) is 12.0. The van der Waals surface area contributed by atoms with Gasteiger partial charge in [-0.15, -0.1) is 0 Å². The molecule has 5 heteroatoms. The van der Waals surface area contributed by atoms with Crippen molar-refractivity contribution in [2.24, 2.45) is 0 Å². The van der Waals surface area contributed by atoms with Crippen molar-refractivity contribution in [1.82, 2.24) is 9.57 Å². The molecule has 0 radical (unpaired) electrons. The predicted octanol–water partition coefficient (Wildman–Crippen LogP) is 5.86. The largest absolute Gasteiger partial charge is 0.378 e. The first-order valence-corrected chi connectivity index (χ1v) is 14.7. The van der Waals surface area contributed by atoms with Gasteiger partial charge in [-0.2, -0.15) is 0 Å². The number of allylic oxidation sites excluding steroid dienone is 2. The maximum atomic E-state index is 6.77. The SMILES string of the molecule is CCN(CC)P(=S)(C1=C(N2CCOCC2)C(=Cc2ccccc2)CCC1)c1ccccc1. The molecule has 0 aromatic heterocycles. The molecule has 0 amide bonds. The first kappa shape index (κ1) is 23.4. The van der Waals surface area contributed by atoms with Gasteiger partial charge < -0.3 is 9.64 Å². The lowest BCUT2D eigenvalue weighted by molar-refractivity contribution is 0.0540. The Balaban J connectivity index is 1.94. The van der Waals surface area contributed by atoms with Crippen LogP contribution in [0.4, 0.5) is 0 Å². The highest BCUT2D eigenvalue weighted by Gasteiger charge is 2.36. The molecule has 0 saturated carbocycles. The Labute approximate surface area is 198 Å². The normalized spacial score (nSPS) is 20.6. The van der Waals surface area contributed by atoms with Crippen LogP contribution in [0, 0.1) is 0 Å². The summed E-state index contributed by atoms with van der Waals surface area (Å²) < 4.78 is 8.30. The smallest absolute Gasteiger partial charge is 0.0691 e. The van der Waals surface area contributed by atoms with E-state index in [0.29, 0.717) is 0 Å². The zero-order valence-corrected chi connectivity index (χ0v) is 21.1. The number of ether oxygens (including phenoxy) is 1. The molecule has 1 atom stereocenters. The van der Waals surface area contributed by atoms with Crippen LogP contribution in [-0.4, -0.2) is 49.0 Å². The van der Waals surface area contributed by atoms with Crippen molar-refractivity contribution in [2.75, 3.05) is 39.4 Å². The molecule has 2 aromatic rings. The number of morpholine rings is 1. The molecule has 1 heterocycles. The lowest BCUT2D eigenvalue weighted by atomic mass is 9.94. The molecule has 1 fully saturated rings. The summed E-state index contributed by atoms with van der Waals surface area (Å²) in [4.78, 5) is 2.57. The molecule has 1 saturated heterocycles. The van der Waals surface area contributed by atoms with Gasteiger partial charge in [0.1, 0.15) is 0 Å². The van der Waals surface area contributed by atoms with Crippen LogP contribution in [0.1, 0.15) is 38.7 Å². The van der Waals surface area contributed by atoms with Crippen LogP contribution in [0.25, 0.3) is 6.08 Å². The van der Waals surface area contributed by atoms with Crippen molar-refractivity contribution in [1.29, 1.82) is 0 Å². The van der Waals surface area contributed by atoms with E-state index in [1.807, 2.05) is 0 Å². The van der Waals surface area contributed by atoms with Gasteiger partial charge in [0.25, 0.3) is 0 Å². The van der Waals surface area contributed by atoms with Crippen molar-refractivity contribution in [3.05, 3.63) is 82.8 Å². The highest BCUT2D eigenvalue weighted by molar-refractivity contribution is 8.19. The molecule has 0 bridgehead atoms. The van der Waals surface area contributed by atoms with Gasteiger partial charge in [0, 0.05) is 42.5 Å². The summed E-state index contributed by atoms with van der Waals surface area (Å²) in [5.41, 5.74) is 4.13. The molecule has 170 valence electrons. The van der Waals surface area contributed by atoms with Gasteiger partial charge in [0.2, 0.25) is 0 Å². The van der Waals surface area contributed by atoms with Crippen LogP contribution < -0.4 is 5.30 Å². The average molecular weight is 467 g/mol. The van der Waals surface area contributed by atoms with Crippen LogP contribution in [0.3, 0.4) is 0 Å². The second kappa shape index (κ2) is 10.9. The first-order chi connectivity index (χ1) is 15.7. The summed E-state index contributed by atoms with van der Waals surface area (Å²) >= 11 is 6.77. The molecule has 2 aliphatic rings. The highest BCUT2D eigenvalue weighted by atomic mass is 32.4. The van der Waals surface area contributed by atoms with E-state index in [4.69, 9.17) is 16.5 Å². The van der Waals surface area contributed by atoms with Crippen molar-refractivity contribution >= 4 is 29.4 Å². The maximum absolute atomic E-state index is 6.77. The minimum atomic E-state index is -2.10. The zero-order chi connectivity index (χ0) is 22.4. The minimum Gasteiger partial charge on any atom is -0.378 e. The summed E-state index contributed by atoms with van der Waals surface area (Å²) in [5.74, 6) is 0.